The first-order chi connectivity index (χ1) is 8.56. The fourth-order valence-corrected chi connectivity index (χ4v) is 2.20. The summed E-state index contributed by atoms with van der Waals surface area (Å²) in [5.41, 5.74) is 2.69. The molecule has 0 spiro atoms. The first kappa shape index (κ1) is 12.6. The van der Waals surface area contributed by atoms with E-state index >= 15 is 0 Å². The van der Waals surface area contributed by atoms with Crippen molar-refractivity contribution in [2.24, 2.45) is 0 Å². The Morgan fingerprint density at radius 3 is 2.89 bits per heavy atom. The van der Waals surface area contributed by atoms with Crippen LogP contribution in [0.15, 0.2) is 29.6 Å². The lowest BCUT2D eigenvalue weighted by Crippen LogP contribution is -2.25. The van der Waals surface area contributed by atoms with Gasteiger partial charge in [0.05, 0.1) is 10.7 Å². The van der Waals surface area contributed by atoms with Crippen LogP contribution in [0.4, 0.5) is 5.69 Å². The molecule has 0 fully saturated rings. The Balaban J connectivity index is 2.22. The Morgan fingerprint density at radius 2 is 2.28 bits per heavy atom. The van der Waals surface area contributed by atoms with Crippen molar-refractivity contribution < 1.29 is 9.90 Å². The SMILES string of the molecule is Cc1nc(-c2cccc(NC(C)C(=O)O)c2)cs1. The highest BCUT2D eigenvalue weighted by molar-refractivity contribution is 7.09. The summed E-state index contributed by atoms with van der Waals surface area (Å²) in [5.74, 6) is -0.870. The van der Waals surface area contributed by atoms with Gasteiger partial charge in [-0.25, -0.2) is 4.98 Å². The largest absolute Gasteiger partial charge is 0.480 e. The second-order valence-electron chi connectivity index (χ2n) is 4.04. The van der Waals surface area contributed by atoms with Crippen LogP contribution < -0.4 is 5.32 Å². The van der Waals surface area contributed by atoms with Crippen molar-refractivity contribution in [3.8, 4) is 11.3 Å². The summed E-state index contributed by atoms with van der Waals surface area (Å²) in [6, 6.07) is 7.00. The zero-order valence-electron chi connectivity index (χ0n) is 10.2. The number of aliphatic carboxylic acids is 1. The lowest BCUT2D eigenvalue weighted by atomic mass is 10.1. The van der Waals surface area contributed by atoms with E-state index in [1.54, 1.807) is 18.3 Å². The molecular weight excluding hydrogens is 248 g/mol. The molecule has 1 unspecified atom stereocenters. The number of benzene rings is 1. The van der Waals surface area contributed by atoms with Crippen molar-refractivity contribution in [2.75, 3.05) is 5.32 Å². The average molecular weight is 262 g/mol. The third-order valence-electron chi connectivity index (χ3n) is 2.53. The number of hydrogen-bond donors (Lipinski definition) is 2. The molecule has 5 heteroatoms. The smallest absolute Gasteiger partial charge is 0.325 e. The van der Waals surface area contributed by atoms with Gasteiger partial charge in [-0.1, -0.05) is 12.1 Å². The molecule has 0 radical (unpaired) electrons. The van der Waals surface area contributed by atoms with Crippen LogP contribution in [0.25, 0.3) is 11.3 Å². The van der Waals surface area contributed by atoms with Crippen molar-refractivity contribution in [3.05, 3.63) is 34.7 Å². The number of rotatable bonds is 4. The van der Waals surface area contributed by atoms with Gasteiger partial charge >= 0.3 is 5.97 Å². The Kier molecular flexibility index (Phi) is 3.62. The van der Waals surface area contributed by atoms with E-state index in [2.05, 4.69) is 10.3 Å². The van der Waals surface area contributed by atoms with E-state index in [9.17, 15) is 4.79 Å². The maximum absolute atomic E-state index is 10.8. The number of aromatic nitrogens is 1. The maximum atomic E-state index is 10.8. The molecule has 2 aromatic rings. The molecule has 94 valence electrons. The number of nitrogens with one attached hydrogen (secondary N) is 1. The molecule has 0 bridgehead atoms. The van der Waals surface area contributed by atoms with E-state index < -0.39 is 12.0 Å². The number of nitrogens with zero attached hydrogens (tertiary/aromatic N) is 1. The topological polar surface area (TPSA) is 62.2 Å². The minimum atomic E-state index is -0.870. The number of aryl methyl sites for hydroxylation is 1. The van der Waals surface area contributed by atoms with Crippen LogP contribution in [0.3, 0.4) is 0 Å². The molecule has 4 nitrogen and oxygen atoms in total. The van der Waals surface area contributed by atoms with E-state index in [-0.39, 0.29) is 0 Å². The van der Waals surface area contributed by atoms with Crippen molar-refractivity contribution >= 4 is 23.0 Å². The molecule has 1 aromatic heterocycles. The summed E-state index contributed by atoms with van der Waals surface area (Å²) in [6.07, 6.45) is 0. The molecule has 0 aliphatic heterocycles. The van der Waals surface area contributed by atoms with Gasteiger partial charge in [0.1, 0.15) is 6.04 Å². The molecule has 0 amide bonds. The number of carbonyl (C=O) groups is 1. The van der Waals surface area contributed by atoms with Gasteiger partial charge in [-0.2, -0.15) is 0 Å². The number of thiazole rings is 1. The quantitative estimate of drug-likeness (QED) is 0.889. The van der Waals surface area contributed by atoms with Gasteiger partial charge in [-0.05, 0) is 26.0 Å². The van der Waals surface area contributed by atoms with Gasteiger partial charge in [0.25, 0.3) is 0 Å². The van der Waals surface area contributed by atoms with Crippen molar-refractivity contribution in [3.63, 3.8) is 0 Å². The first-order valence-electron chi connectivity index (χ1n) is 5.58. The van der Waals surface area contributed by atoms with Crippen LogP contribution in [0.2, 0.25) is 0 Å². The summed E-state index contributed by atoms with van der Waals surface area (Å²) in [4.78, 5) is 15.2. The highest BCUT2D eigenvalue weighted by atomic mass is 32.1. The van der Waals surface area contributed by atoms with Crippen LogP contribution in [0.5, 0.6) is 0 Å². The highest BCUT2D eigenvalue weighted by Crippen LogP contribution is 2.24. The van der Waals surface area contributed by atoms with E-state index in [4.69, 9.17) is 5.11 Å². The van der Waals surface area contributed by atoms with Gasteiger partial charge < -0.3 is 10.4 Å². The minimum absolute atomic E-state index is 0.613. The Morgan fingerprint density at radius 1 is 1.50 bits per heavy atom. The van der Waals surface area contributed by atoms with Crippen LogP contribution in [-0.2, 0) is 4.79 Å². The highest BCUT2D eigenvalue weighted by Gasteiger charge is 2.10. The van der Waals surface area contributed by atoms with Gasteiger partial charge in [0, 0.05) is 16.6 Å². The minimum Gasteiger partial charge on any atom is -0.480 e. The summed E-state index contributed by atoms with van der Waals surface area (Å²) < 4.78 is 0. The second kappa shape index (κ2) is 5.18. The molecule has 18 heavy (non-hydrogen) atoms. The van der Waals surface area contributed by atoms with Gasteiger partial charge in [-0.15, -0.1) is 11.3 Å². The fourth-order valence-electron chi connectivity index (χ4n) is 1.58. The maximum Gasteiger partial charge on any atom is 0.325 e. The van der Waals surface area contributed by atoms with Crippen molar-refractivity contribution in [1.82, 2.24) is 4.98 Å². The summed E-state index contributed by atoms with van der Waals surface area (Å²) in [6.45, 7) is 3.57. The monoisotopic (exact) mass is 262 g/mol. The van der Waals surface area contributed by atoms with Crippen molar-refractivity contribution in [1.29, 1.82) is 0 Å². The summed E-state index contributed by atoms with van der Waals surface area (Å²) >= 11 is 1.60. The molecule has 2 rings (SSSR count). The fraction of sp³-hybridized carbons (Fsp3) is 0.231. The van der Waals surface area contributed by atoms with Crippen LogP contribution in [-0.4, -0.2) is 22.1 Å². The normalized spacial score (nSPS) is 12.1. The number of carboxylic acids is 1. The van der Waals surface area contributed by atoms with E-state index in [0.717, 1.165) is 22.0 Å². The van der Waals surface area contributed by atoms with Gasteiger partial charge in [0.15, 0.2) is 0 Å². The lowest BCUT2D eigenvalue weighted by molar-refractivity contribution is -0.137. The third-order valence-corrected chi connectivity index (χ3v) is 3.30. The van der Waals surface area contributed by atoms with Crippen LogP contribution in [0, 0.1) is 6.92 Å². The van der Waals surface area contributed by atoms with E-state index in [1.165, 1.54) is 0 Å². The predicted octanol–water partition coefficient (Wildman–Crippen LogP) is 3.00. The standard InChI is InChI=1S/C13H14N2O2S/c1-8(13(16)17)14-11-5-3-4-10(6-11)12-7-18-9(2)15-12/h3-8,14H,1-2H3,(H,16,17). The second-order valence-corrected chi connectivity index (χ2v) is 5.10. The van der Waals surface area contributed by atoms with Crippen LogP contribution >= 0.6 is 11.3 Å². The molecule has 1 heterocycles. The Hall–Kier alpha value is -1.88. The molecule has 0 aliphatic rings. The zero-order chi connectivity index (χ0) is 13.1. The number of anilines is 1. The molecule has 0 aliphatic carbocycles. The predicted molar refractivity (Wildman–Crippen MR) is 73.0 cm³/mol. The molecule has 2 N–H and O–H groups in total. The van der Waals surface area contributed by atoms with E-state index in [1.807, 2.05) is 36.6 Å². The van der Waals surface area contributed by atoms with Crippen LogP contribution in [0.1, 0.15) is 11.9 Å². The van der Waals surface area contributed by atoms with Gasteiger partial charge in [-0.3, -0.25) is 4.79 Å². The van der Waals surface area contributed by atoms with Gasteiger partial charge in [0.2, 0.25) is 0 Å². The number of hydrogen-bond acceptors (Lipinski definition) is 4. The Labute approximate surface area is 109 Å². The molecule has 0 saturated carbocycles. The molecule has 1 aromatic carbocycles. The Bertz CT molecular complexity index is 566. The third kappa shape index (κ3) is 2.87. The molecule has 1 atom stereocenters. The molecule has 0 saturated heterocycles. The zero-order valence-corrected chi connectivity index (χ0v) is 11.0. The number of carboxylic acid groups (broad SMARTS) is 1. The average Bonchev–Trinajstić information content (AvgIpc) is 2.76. The summed E-state index contributed by atoms with van der Waals surface area (Å²) in [5, 5.41) is 14.8. The summed E-state index contributed by atoms with van der Waals surface area (Å²) in [7, 11) is 0. The molecular formula is C13H14N2O2S. The first-order valence-corrected chi connectivity index (χ1v) is 6.46. The lowest BCUT2D eigenvalue weighted by Gasteiger charge is -2.11. The van der Waals surface area contributed by atoms with Crippen molar-refractivity contribution in [2.45, 2.75) is 19.9 Å². The van der Waals surface area contributed by atoms with E-state index in [0.29, 0.717) is 0 Å².